The molecule has 0 amide bonds. The number of benzene rings is 1. The van der Waals surface area contributed by atoms with E-state index in [0.717, 1.165) is 36.6 Å². The van der Waals surface area contributed by atoms with E-state index in [1.165, 1.54) is 7.11 Å². The third-order valence-electron chi connectivity index (χ3n) is 4.08. The first-order valence-corrected chi connectivity index (χ1v) is 7.02. The van der Waals surface area contributed by atoms with Gasteiger partial charge in [0.05, 0.1) is 18.7 Å². The molecule has 1 heterocycles. The molecule has 5 heteroatoms. The Labute approximate surface area is 117 Å². The molecule has 0 atom stereocenters. The van der Waals surface area contributed by atoms with Crippen LogP contribution in [0.4, 0.5) is 0 Å². The minimum absolute atomic E-state index is 0.299. The van der Waals surface area contributed by atoms with Gasteiger partial charge in [-0.1, -0.05) is 18.2 Å². The zero-order valence-corrected chi connectivity index (χ0v) is 11.6. The van der Waals surface area contributed by atoms with Crippen LogP contribution in [0.2, 0.25) is 0 Å². The molecule has 1 aromatic carbocycles. The number of rotatable bonds is 2. The Kier molecular flexibility index (Phi) is 3.44. The van der Waals surface area contributed by atoms with Gasteiger partial charge in [-0.05, 0) is 31.7 Å². The molecule has 0 bridgehead atoms. The van der Waals surface area contributed by atoms with E-state index in [2.05, 4.69) is 5.10 Å². The number of hydrogen-bond donors (Lipinski definition) is 1. The highest BCUT2D eigenvalue weighted by Crippen LogP contribution is 2.31. The molecule has 20 heavy (non-hydrogen) atoms. The standard InChI is InChI=1S/C15H19N3O2/c1-20-15(19)14-12-4-2-3-5-13(12)18(17-14)11-8-6-10(16)7-9-11/h2-5,10-11H,6-9,16H2,1H3. The SMILES string of the molecule is COC(=O)c1nn(C2CCC(N)CC2)c2ccccc12. The minimum atomic E-state index is -0.382. The second-order valence-corrected chi connectivity index (χ2v) is 5.37. The molecule has 1 saturated carbocycles. The number of methoxy groups -OCH3 is 1. The van der Waals surface area contributed by atoms with Crippen molar-refractivity contribution in [3.63, 3.8) is 0 Å². The Morgan fingerprint density at radius 2 is 2.00 bits per heavy atom. The Hall–Kier alpha value is -1.88. The van der Waals surface area contributed by atoms with E-state index in [1.807, 2.05) is 28.9 Å². The van der Waals surface area contributed by atoms with Crippen molar-refractivity contribution >= 4 is 16.9 Å². The normalized spacial score (nSPS) is 22.9. The number of carbonyl (C=O) groups is 1. The van der Waals surface area contributed by atoms with E-state index >= 15 is 0 Å². The summed E-state index contributed by atoms with van der Waals surface area (Å²) in [5.74, 6) is -0.382. The summed E-state index contributed by atoms with van der Waals surface area (Å²) in [6, 6.07) is 8.42. The number of para-hydroxylation sites is 1. The maximum atomic E-state index is 11.9. The van der Waals surface area contributed by atoms with Crippen molar-refractivity contribution in [1.29, 1.82) is 0 Å². The molecule has 1 aliphatic carbocycles. The van der Waals surface area contributed by atoms with Gasteiger partial charge in [-0.3, -0.25) is 4.68 Å². The van der Waals surface area contributed by atoms with Crippen LogP contribution in [-0.4, -0.2) is 28.9 Å². The molecule has 0 aliphatic heterocycles. The molecular formula is C15H19N3O2. The molecule has 0 unspecified atom stereocenters. The van der Waals surface area contributed by atoms with Crippen molar-refractivity contribution in [2.75, 3.05) is 7.11 Å². The molecule has 0 saturated heterocycles. The highest BCUT2D eigenvalue weighted by Gasteiger charge is 2.25. The van der Waals surface area contributed by atoms with Gasteiger partial charge in [-0.25, -0.2) is 4.79 Å². The predicted octanol–water partition coefficient (Wildman–Crippen LogP) is 2.27. The van der Waals surface area contributed by atoms with Crippen LogP contribution >= 0.6 is 0 Å². The van der Waals surface area contributed by atoms with E-state index in [4.69, 9.17) is 10.5 Å². The first-order valence-electron chi connectivity index (χ1n) is 7.02. The number of hydrogen-bond acceptors (Lipinski definition) is 4. The number of esters is 1. The molecule has 1 fully saturated rings. The van der Waals surface area contributed by atoms with Crippen molar-refractivity contribution in [2.45, 2.75) is 37.8 Å². The fourth-order valence-corrected chi connectivity index (χ4v) is 2.96. The van der Waals surface area contributed by atoms with Gasteiger partial charge in [0, 0.05) is 11.4 Å². The molecule has 5 nitrogen and oxygen atoms in total. The number of ether oxygens (including phenoxy) is 1. The van der Waals surface area contributed by atoms with E-state index in [9.17, 15) is 4.79 Å². The molecule has 1 aromatic heterocycles. The van der Waals surface area contributed by atoms with E-state index in [-0.39, 0.29) is 5.97 Å². The van der Waals surface area contributed by atoms with Gasteiger partial charge in [-0.2, -0.15) is 5.10 Å². The summed E-state index contributed by atoms with van der Waals surface area (Å²) < 4.78 is 6.81. The smallest absolute Gasteiger partial charge is 0.359 e. The third kappa shape index (κ3) is 2.18. The van der Waals surface area contributed by atoms with Gasteiger partial charge >= 0.3 is 5.97 Å². The molecular weight excluding hydrogens is 254 g/mol. The topological polar surface area (TPSA) is 70.1 Å². The molecule has 1 aliphatic rings. The maximum Gasteiger partial charge on any atom is 0.359 e. The van der Waals surface area contributed by atoms with E-state index in [0.29, 0.717) is 17.8 Å². The second-order valence-electron chi connectivity index (χ2n) is 5.37. The maximum absolute atomic E-state index is 11.9. The van der Waals surface area contributed by atoms with Crippen LogP contribution in [0, 0.1) is 0 Å². The van der Waals surface area contributed by atoms with Crippen molar-refractivity contribution < 1.29 is 9.53 Å². The second kappa shape index (κ2) is 5.25. The van der Waals surface area contributed by atoms with Crippen LogP contribution in [0.3, 0.4) is 0 Å². The zero-order chi connectivity index (χ0) is 14.1. The van der Waals surface area contributed by atoms with Gasteiger partial charge < -0.3 is 10.5 Å². The van der Waals surface area contributed by atoms with Crippen molar-refractivity contribution in [1.82, 2.24) is 9.78 Å². The molecule has 106 valence electrons. The summed E-state index contributed by atoms with van der Waals surface area (Å²) in [6.45, 7) is 0. The Morgan fingerprint density at radius 3 is 2.70 bits per heavy atom. The third-order valence-corrected chi connectivity index (χ3v) is 4.08. The molecule has 2 aromatic rings. The molecule has 0 radical (unpaired) electrons. The number of aromatic nitrogens is 2. The van der Waals surface area contributed by atoms with Gasteiger partial charge in [0.2, 0.25) is 0 Å². The Bertz CT molecular complexity index is 627. The predicted molar refractivity (Wildman–Crippen MR) is 76.6 cm³/mol. The Balaban J connectivity index is 2.05. The lowest BCUT2D eigenvalue weighted by molar-refractivity contribution is 0.0594. The highest BCUT2D eigenvalue weighted by molar-refractivity contribution is 6.02. The molecule has 2 N–H and O–H groups in total. The van der Waals surface area contributed by atoms with Crippen molar-refractivity contribution in [3.8, 4) is 0 Å². The van der Waals surface area contributed by atoms with Crippen LogP contribution in [-0.2, 0) is 4.74 Å². The highest BCUT2D eigenvalue weighted by atomic mass is 16.5. The van der Waals surface area contributed by atoms with Crippen LogP contribution < -0.4 is 5.73 Å². The average Bonchev–Trinajstić information content (AvgIpc) is 2.87. The summed E-state index contributed by atoms with van der Waals surface area (Å²) in [4.78, 5) is 11.9. The summed E-state index contributed by atoms with van der Waals surface area (Å²) in [5, 5.41) is 5.37. The summed E-state index contributed by atoms with van der Waals surface area (Å²) >= 11 is 0. The zero-order valence-electron chi connectivity index (χ0n) is 11.6. The summed E-state index contributed by atoms with van der Waals surface area (Å²) in [6.07, 6.45) is 4.03. The number of nitrogens with zero attached hydrogens (tertiary/aromatic N) is 2. The lowest BCUT2D eigenvalue weighted by atomic mass is 9.92. The molecule has 0 spiro atoms. The first kappa shape index (κ1) is 13.1. The molecule has 3 rings (SSSR count). The number of carbonyl (C=O) groups excluding carboxylic acids is 1. The van der Waals surface area contributed by atoms with Crippen molar-refractivity contribution in [2.24, 2.45) is 5.73 Å². The number of fused-ring (bicyclic) bond motifs is 1. The lowest BCUT2D eigenvalue weighted by Gasteiger charge is -2.26. The largest absolute Gasteiger partial charge is 0.464 e. The fourth-order valence-electron chi connectivity index (χ4n) is 2.96. The van der Waals surface area contributed by atoms with Crippen LogP contribution in [0.25, 0.3) is 10.9 Å². The fraction of sp³-hybridized carbons (Fsp3) is 0.467. The Morgan fingerprint density at radius 1 is 1.30 bits per heavy atom. The summed E-state index contributed by atoms with van der Waals surface area (Å²) in [5.41, 5.74) is 7.35. The van der Waals surface area contributed by atoms with E-state index in [1.54, 1.807) is 0 Å². The monoisotopic (exact) mass is 273 g/mol. The lowest BCUT2D eigenvalue weighted by Crippen LogP contribution is -2.28. The minimum Gasteiger partial charge on any atom is -0.464 e. The number of nitrogens with two attached hydrogens (primary N) is 1. The van der Waals surface area contributed by atoms with Gasteiger partial charge in [0.1, 0.15) is 0 Å². The van der Waals surface area contributed by atoms with Crippen LogP contribution in [0.15, 0.2) is 24.3 Å². The van der Waals surface area contributed by atoms with Gasteiger partial charge in [-0.15, -0.1) is 0 Å². The van der Waals surface area contributed by atoms with Crippen molar-refractivity contribution in [3.05, 3.63) is 30.0 Å². The van der Waals surface area contributed by atoms with Gasteiger partial charge in [0.15, 0.2) is 5.69 Å². The van der Waals surface area contributed by atoms with E-state index < -0.39 is 0 Å². The quantitative estimate of drug-likeness (QED) is 0.852. The van der Waals surface area contributed by atoms with Crippen LogP contribution in [0.5, 0.6) is 0 Å². The summed E-state index contributed by atoms with van der Waals surface area (Å²) in [7, 11) is 1.38. The van der Waals surface area contributed by atoms with Gasteiger partial charge in [0.25, 0.3) is 0 Å². The first-order chi connectivity index (χ1) is 9.70. The average molecular weight is 273 g/mol. The van der Waals surface area contributed by atoms with Crippen LogP contribution in [0.1, 0.15) is 42.2 Å².